The molecule has 3 nitrogen and oxygen atoms in total. The number of nitrogens with one attached hydrogen (secondary N) is 1. The van der Waals surface area contributed by atoms with Crippen molar-refractivity contribution in [1.82, 2.24) is 10.2 Å². The molecule has 1 heterocycles. The predicted molar refractivity (Wildman–Crippen MR) is 77.8 cm³/mol. The molecule has 1 aromatic carbocycles. The van der Waals surface area contributed by atoms with Gasteiger partial charge in [0.05, 0.1) is 6.04 Å². The van der Waals surface area contributed by atoms with Gasteiger partial charge in [0.1, 0.15) is 0 Å². The van der Waals surface area contributed by atoms with Crippen LogP contribution in [0.5, 0.6) is 0 Å². The predicted octanol–water partition coefficient (Wildman–Crippen LogP) is 2.57. The van der Waals surface area contributed by atoms with Crippen LogP contribution in [0.3, 0.4) is 0 Å². The second-order valence-corrected chi connectivity index (χ2v) is 6.35. The van der Waals surface area contributed by atoms with Gasteiger partial charge in [0, 0.05) is 12.1 Å². The number of hydrogen-bond donors (Lipinski definition) is 1. The Balaban J connectivity index is 1.99. The number of benzene rings is 1. The van der Waals surface area contributed by atoms with Crippen LogP contribution in [-0.4, -0.2) is 28.9 Å². The van der Waals surface area contributed by atoms with Crippen molar-refractivity contribution < 1.29 is 4.79 Å². The Labute approximate surface area is 116 Å². The van der Waals surface area contributed by atoms with Crippen molar-refractivity contribution in [1.29, 1.82) is 0 Å². The summed E-state index contributed by atoms with van der Waals surface area (Å²) in [6.45, 7) is 7.96. The Kier molecular flexibility index (Phi) is 4.25. The molecule has 1 fully saturated rings. The summed E-state index contributed by atoms with van der Waals surface area (Å²) < 4.78 is 0. The molecule has 2 rings (SSSR count). The molecule has 1 aromatic rings. The fourth-order valence-corrected chi connectivity index (χ4v) is 2.58. The monoisotopic (exact) mass is 260 g/mol. The first kappa shape index (κ1) is 14.1. The van der Waals surface area contributed by atoms with E-state index in [-0.39, 0.29) is 17.5 Å². The van der Waals surface area contributed by atoms with Crippen molar-refractivity contribution in [2.75, 3.05) is 6.54 Å². The lowest BCUT2D eigenvalue weighted by Gasteiger charge is -2.28. The van der Waals surface area contributed by atoms with Crippen LogP contribution >= 0.6 is 0 Å². The lowest BCUT2D eigenvalue weighted by atomic mass is 10.1. The maximum absolute atomic E-state index is 12.3. The van der Waals surface area contributed by atoms with E-state index in [1.54, 1.807) is 0 Å². The van der Waals surface area contributed by atoms with Crippen LogP contribution in [0.2, 0.25) is 0 Å². The summed E-state index contributed by atoms with van der Waals surface area (Å²) in [6, 6.07) is 10.4. The molecule has 0 saturated carbocycles. The smallest absolute Gasteiger partial charge is 0.237 e. The molecule has 1 N–H and O–H groups in total. The Bertz CT molecular complexity index is 422. The summed E-state index contributed by atoms with van der Waals surface area (Å²) in [6.07, 6.45) is 2.07. The van der Waals surface area contributed by atoms with Crippen molar-refractivity contribution >= 4 is 5.91 Å². The molecule has 0 unspecified atom stereocenters. The van der Waals surface area contributed by atoms with Gasteiger partial charge in [0.2, 0.25) is 5.91 Å². The third kappa shape index (κ3) is 4.06. The molecular formula is C16H24N2O. The van der Waals surface area contributed by atoms with Gasteiger partial charge in [0.15, 0.2) is 0 Å². The van der Waals surface area contributed by atoms with Crippen LogP contribution in [0.15, 0.2) is 30.3 Å². The fraction of sp³-hybridized carbons (Fsp3) is 0.562. The second-order valence-electron chi connectivity index (χ2n) is 6.35. The molecule has 3 heteroatoms. The van der Waals surface area contributed by atoms with E-state index in [1.165, 1.54) is 5.56 Å². The van der Waals surface area contributed by atoms with Crippen molar-refractivity contribution in [2.24, 2.45) is 0 Å². The first-order valence-electron chi connectivity index (χ1n) is 7.06. The highest BCUT2D eigenvalue weighted by Gasteiger charge is 2.32. The van der Waals surface area contributed by atoms with Gasteiger partial charge in [0.25, 0.3) is 0 Å². The van der Waals surface area contributed by atoms with Gasteiger partial charge in [-0.1, -0.05) is 30.3 Å². The second kappa shape index (κ2) is 5.74. The van der Waals surface area contributed by atoms with Crippen LogP contribution < -0.4 is 5.32 Å². The quantitative estimate of drug-likeness (QED) is 0.906. The molecule has 1 amide bonds. The van der Waals surface area contributed by atoms with Crippen molar-refractivity contribution in [2.45, 2.75) is 51.7 Å². The lowest BCUT2D eigenvalue weighted by Crippen LogP contribution is -2.49. The summed E-state index contributed by atoms with van der Waals surface area (Å²) in [5, 5.41) is 3.10. The summed E-state index contributed by atoms with van der Waals surface area (Å²) in [5.74, 6) is 0.168. The van der Waals surface area contributed by atoms with Gasteiger partial charge >= 0.3 is 0 Å². The van der Waals surface area contributed by atoms with Gasteiger partial charge in [-0.25, -0.2) is 0 Å². The minimum Gasteiger partial charge on any atom is -0.350 e. The lowest BCUT2D eigenvalue weighted by molar-refractivity contribution is -0.127. The van der Waals surface area contributed by atoms with Gasteiger partial charge in [-0.3, -0.25) is 9.69 Å². The number of carbonyl (C=O) groups excluding carboxylic acids is 1. The topological polar surface area (TPSA) is 32.3 Å². The molecule has 104 valence electrons. The van der Waals surface area contributed by atoms with Crippen molar-refractivity contribution in [3.05, 3.63) is 35.9 Å². The molecule has 0 aromatic heterocycles. The maximum atomic E-state index is 12.3. The van der Waals surface area contributed by atoms with E-state index < -0.39 is 0 Å². The highest BCUT2D eigenvalue weighted by molar-refractivity contribution is 5.82. The highest BCUT2D eigenvalue weighted by atomic mass is 16.2. The number of nitrogens with zero attached hydrogens (tertiary/aromatic N) is 1. The summed E-state index contributed by atoms with van der Waals surface area (Å²) in [7, 11) is 0. The summed E-state index contributed by atoms with van der Waals surface area (Å²) in [5.41, 5.74) is 1.12. The molecule has 0 radical (unpaired) electrons. The summed E-state index contributed by atoms with van der Waals surface area (Å²) in [4.78, 5) is 14.6. The van der Waals surface area contributed by atoms with E-state index in [0.717, 1.165) is 25.9 Å². The van der Waals surface area contributed by atoms with Crippen LogP contribution in [0.25, 0.3) is 0 Å². The number of amides is 1. The van der Waals surface area contributed by atoms with Crippen LogP contribution in [0.1, 0.15) is 39.2 Å². The van der Waals surface area contributed by atoms with E-state index in [9.17, 15) is 4.79 Å². The first-order valence-corrected chi connectivity index (χ1v) is 7.06. The minimum atomic E-state index is -0.155. The van der Waals surface area contributed by atoms with Gasteiger partial charge in [-0.15, -0.1) is 0 Å². The third-order valence-corrected chi connectivity index (χ3v) is 3.39. The van der Waals surface area contributed by atoms with Crippen molar-refractivity contribution in [3.8, 4) is 0 Å². The van der Waals surface area contributed by atoms with E-state index in [4.69, 9.17) is 0 Å². The molecule has 0 aliphatic carbocycles. The Morgan fingerprint density at radius 2 is 2.00 bits per heavy atom. The zero-order chi connectivity index (χ0) is 13.9. The Hall–Kier alpha value is -1.35. The first-order chi connectivity index (χ1) is 8.96. The molecule has 0 spiro atoms. The molecule has 0 bridgehead atoms. The summed E-state index contributed by atoms with van der Waals surface area (Å²) >= 11 is 0. The van der Waals surface area contributed by atoms with Crippen LogP contribution in [0.4, 0.5) is 0 Å². The zero-order valence-electron chi connectivity index (χ0n) is 12.1. The normalized spacial score (nSPS) is 20.5. The van der Waals surface area contributed by atoms with E-state index in [1.807, 2.05) is 26.8 Å². The van der Waals surface area contributed by atoms with Gasteiger partial charge in [-0.05, 0) is 45.7 Å². The number of hydrogen-bond acceptors (Lipinski definition) is 2. The Morgan fingerprint density at radius 3 is 2.63 bits per heavy atom. The number of likely N-dealkylation sites (tertiary alicyclic amines) is 1. The average molecular weight is 260 g/mol. The van der Waals surface area contributed by atoms with Crippen LogP contribution in [-0.2, 0) is 11.3 Å². The highest BCUT2D eigenvalue weighted by Crippen LogP contribution is 2.20. The standard InChI is InChI=1S/C16H24N2O/c1-16(2,3)17-15(19)14-10-7-11-18(14)12-13-8-5-4-6-9-13/h4-6,8-9,14H,7,10-12H2,1-3H3,(H,17,19)/t14-/m0/s1. The minimum absolute atomic E-state index is 0.0273. The third-order valence-electron chi connectivity index (χ3n) is 3.39. The molecule has 1 atom stereocenters. The fourth-order valence-electron chi connectivity index (χ4n) is 2.58. The van der Waals surface area contributed by atoms with E-state index in [0.29, 0.717) is 0 Å². The van der Waals surface area contributed by atoms with Crippen LogP contribution in [0, 0.1) is 0 Å². The zero-order valence-corrected chi connectivity index (χ0v) is 12.1. The number of rotatable bonds is 3. The maximum Gasteiger partial charge on any atom is 0.237 e. The molecular weight excluding hydrogens is 236 g/mol. The van der Waals surface area contributed by atoms with Gasteiger partial charge < -0.3 is 5.32 Å². The Morgan fingerprint density at radius 1 is 1.32 bits per heavy atom. The number of carbonyl (C=O) groups is 1. The SMILES string of the molecule is CC(C)(C)NC(=O)[C@@H]1CCCN1Cc1ccccc1. The van der Waals surface area contributed by atoms with Gasteiger partial charge in [-0.2, -0.15) is 0 Å². The largest absolute Gasteiger partial charge is 0.350 e. The molecule has 1 aliphatic heterocycles. The molecule has 1 aliphatic rings. The molecule has 1 saturated heterocycles. The van der Waals surface area contributed by atoms with E-state index >= 15 is 0 Å². The average Bonchev–Trinajstić information content (AvgIpc) is 2.76. The van der Waals surface area contributed by atoms with Crippen molar-refractivity contribution in [3.63, 3.8) is 0 Å². The molecule has 19 heavy (non-hydrogen) atoms. The van der Waals surface area contributed by atoms with E-state index in [2.05, 4.69) is 34.5 Å².